The van der Waals surface area contributed by atoms with Gasteiger partial charge in [0.05, 0.1) is 12.1 Å². The van der Waals surface area contributed by atoms with Crippen LogP contribution in [0.2, 0.25) is 0 Å². The molecule has 0 radical (unpaired) electrons. The molecule has 152 valence electrons. The van der Waals surface area contributed by atoms with Gasteiger partial charge in [0.15, 0.2) is 5.89 Å². The SMILES string of the molecule is Cc1cccc2[nH]c(C(=O)N3CCC[C@@H](c4ncc(Cc5ccccc5)o4)C3)cc12. The topological polar surface area (TPSA) is 62.1 Å². The van der Waals surface area contributed by atoms with Gasteiger partial charge in [-0.15, -0.1) is 0 Å². The molecule has 1 amide bonds. The summed E-state index contributed by atoms with van der Waals surface area (Å²) in [5.41, 5.74) is 4.03. The zero-order valence-electron chi connectivity index (χ0n) is 17.1. The van der Waals surface area contributed by atoms with Crippen molar-refractivity contribution in [3.05, 3.63) is 89.3 Å². The van der Waals surface area contributed by atoms with E-state index in [2.05, 4.69) is 35.1 Å². The molecule has 1 aliphatic heterocycles. The number of aryl methyl sites for hydroxylation is 1. The highest BCUT2D eigenvalue weighted by Crippen LogP contribution is 2.29. The molecule has 0 saturated carbocycles. The number of nitrogens with zero attached hydrogens (tertiary/aromatic N) is 2. The molecule has 5 heteroatoms. The van der Waals surface area contributed by atoms with Crippen LogP contribution in [0.5, 0.6) is 0 Å². The van der Waals surface area contributed by atoms with Crippen LogP contribution in [0.3, 0.4) is 0 Å². The smallest absolute Gasteiger partial charge is 0.270 e. The van der Waals surface area contributed by atoms with E-state index >= 15 is 0 Å². The van der Waals surface area contributed by atoms with Crippen LogP contribution >= 0.6 is 0 Å². The van der Waals surface area contributed by atoms with E-state index in [1.54, 1.807) is 0 Å². The van der Waals surface area contributed by atoms with Crippen LogP contribution in [0, 0.1) is 6.92 Å². The largest absolute Gasteiger partial charge is 0.445 e. The number of aromatic nitrogens is 2. The molecule has 30 heavy (non-hydrogen) atoms. The van der Waals surface area contributed by atoms with E-state index in [0.717, 1.165) is 48.4 Å². The summed E-state index contributed by atoms with van der Waals surface area (Å²) in [6.45, 7) is 3.47. The first kappa shape index (κ1) is 18.7. The number of fused-ring (bicyclic) bond motifs is 1. The van der Waals surface area contributed by atoms with E-state index < -0.39 is 0 Å². The predicted molar refractivity (Wildman–Crippen MR) is 117 cm³/mol. The molecule has 1 atom stereocenters. The zero-order valence-corrected chi connectivity index (χ0v) is 17.1. The number of H-pyrrole nitrogens is 1. The van der Waals surface area contributed by atoms with Gasteiger partial charge in [0.25, 0.3) is 5.91 Å². The van der Waals surface area contributed by atoms with Gasteiger partial charge >= 0.3 is 0 Å². The Hall–Kier alpha value is -3.34. The molecule has 5 nitrogen and oxygen atoms in total. The standard InChI is InChI=1S/C25H25N3O2/c1-17-7-5-11-22-21(17)14-23(27-22)25(29)28-12-6-10-19(16-28)24-26-15-20(30-24)13-18-8-3-2-4-9-18/h2-5,7-9,11,14-15,19,27H,6,10,12-13,16H2,1H3/t19-/m1/s1. The lowest BCUT2D eigenvalue weighted by Crippen LogP contribution is -2.39. The fourth-order valence-electron chi connectivity index (χ4n) is 4.35. The molecule has 1 fully saturated rings. The van der Waals surface area contributed by atoms with Crippen molar-refractivity contribution in [2.45, 2.75) is 32.1 Å². The van der Waals surface area contributed by atoms with Crippen molar-refractivity contribution < 1.29 is 9.21 Å². The zero-order chi connectivity index (χ0) is 20.5. The van der Waals surface area contributed by atoms with E-state index in [1.807, 2.05) is 47.5 Å². The third-order valence-electron chi connectivity index (χ3n) is 5.96. The summed E-state index contributed by atoms with van der Waals surface area (Å²) in [6, 6.07) is 18.3. The Balaban J connectivity index is 1.31. The molecular weight excluding hydrogens is 374 g/mol. The summed E-state index contributed by atoms with van der Waals surface area (Å²) in [7, 11) is 0. The maximum atomic E-state index is 13.1. The first-order valence-electron chi connectivity index (χ1n) is 10.5. The summed E-state index contributed by atoms with van der Waals surface area (Å²) < 4.78 is 6.07. The van der Waals surface area contributed by atoms with Gasteiger partial charge in [-0.1, -0.05) is 42.5 Å². The fourth-order valence-corrected chi connectivity index (χ4v) is 4.35. The summed E-state index contributed by atoms with van der Waals surface area (Å²) in [6.07, 6.45) is 4.49. The average molecular weight is 399 g/mol. The van der Waals surface area contributed by atoms with Gasteiger partial charge < -0.3 is 14.3 Å². The molecule has 2 aromatic heterocycles. The van der Waals surface area contributed by atoms with Gasteiger partial charge in [0.1, 0.15) is 11.5 Å². The Morgan fingerprint density at radius 3 is 2.90 bits per heavy atom. The molecule has 0 aliphatic carbocycles. The molecule has 4 aromatic rings. The Labute approximate surface area is 175 Å². The van der Waals surface area contributed by atoms with E-state index in [9.17, 15) is 4.79 Å². The van der Waals surface area contributed by atoms with Crippen molar-refractivity contribution in [2.24, 2.45) is 0 Å². The third kappa shape index (κ3) is 3.63. The highest BCUT2D eigenvalue weighted by Gasteiger charge is 2.29. The summed E-state index contributed by atoms with van der Waals surface area (Å²) in [4.78, 5) is 22.9. The van der Waals surface area contributed by atoms with Crippen LogP contribution in [0.1, 0.15) is 52.0 Å². The number of carbonyl (C=O) groups is 1. The van der Waals surface area contributed by atoms with Crippen LogP contribution in [-0.2, 0) is 6.42 Å². The molecule has 2 aromatic carbocycles. The number of hydrogen-bond acceptors (Lipinski definition) is 3. The van der Waals surface area contributed by atoms with Gasteiger partial charge in [-0.25, -0.2) is 4.98 Å². The lowest BCUT2D eigenvalue weighted by Gasteiger charge is -2.31. The van der Waals surface area contributed by atoms with Gasteiger partial charge in [0.2, 0.25) is 0 Å². The number of oxazole rings is 1. The minimum atomic E-state index is 0.0476. The number of aromatic amines is 1. The normalized spacial score (nSPS) is 16.8. The Morgan fingerprint density at radius 2 is 2.07 bits per heavy atom. The molecule has 0 bridgehead atoms. The lowest BCUT2D eigenvalue weighted by molar-refractivity contribution is 0.0693. The van der Waals surface area contributed by atoms with Gasteiger partial charge in [-0.05, 0) is 43.0 Å². The first-order valence-corrected chi connectivity index (χ1v) is 10.5. The molecule has 5 rings (SSSR count). The molecule has 3 heterocycles. The Morgan fingerprint density at radius 1 is 1.20 bits per heavy atom. The fraction of sp³-hybridized carbons (Fsp3) is 0.280. The minimum absolute atomic E-state index is 0.0476. The number of benzene rings is 2. The summed E-state index contributed by atoms with van der Waals surface area (Å²) in [5.74, 6) is 1.79. The molecule has 1 saturated heterocycles. The maximum Gasteiger partial charge on any atom is 0.270 e. The quantitative estimate of drug-likeness (QED) is 0.521. The van der Waals surface area contributed by atoms with Gasteiger partial charge in [0, 0.05) is 30.4 Å². The van der Waals surface area contributed by atoms with Crippen LogP contribution in [0.4, 0.5) is 0 Å². The monoisotopic (exact) mass is 399 g/mol. The maximum absolute atomic E-state index is 13.1. The Kier molecular flexibility index (Phi) is 4.87. The van der Waals surface area contributed by atoms with E-state index in [0.29, 0.717) is 12.2 Å². The molecule has 1 aliphatic rings. The highest BCUT2D eigenvalue weighted by atomic mass is 16.4. The molecular formula is C25H25N3O2. The number of carbonyl (C=O) groups excluding carboxylic acids is 1. The minimum Gasteiger partial charge on any atom is -0.445 e. The summed E-state index contributed by atoms with van der Waals surface area (Å²) in [5, 5.41) is 1.10. The third-order valence-corrected chi connectivity index (χ3v) is 5.96. The van der Waals surface area contributed by atoms with Gasteiger partial charge in [-0.2, -0.15) is 0 Å². The highest BCUT2D eigenvalue weighted by molar-refractivity contribution is 5.98. The van der Waals surface area contributed by atoms with Crippen molar-refractivity contribution >= 4 is 16.8 Å². The lowest BCUT2D eigenvalue weighted by atomic mass is 9.97. The Bertz CT molecular complexity index is 1180. The molecule has 0 spiro atoms. The van der Waals surface area contributed by atoms with Crippen molar-refractivity contribution in [2.75, 3.05) is 13.1 Å². The second kappa shape index (κ2) is 7.82. The number of nitrogens with one attached hydrogen (secondary N) is 1. The van der Waals surface area contributed by atoms with E-state index in [4.69, 9.17) is 4.42 Å². The first-order chi connectivity index (χ1) is 14.7. The summed E-state index contributed by atoms with van der Waals surface area (Å²) >= 11 is 0. The van der Waals surface area contributed by atoms with E-state index in [1.165, 1.54) is 11.1 Å². The van der Waals surface area contributed by atoms with Crippen LogP contribution in [-0.4, -0.2) is 33.9 Å². The molecule has 1 N–H and O–H groups in total. The van der Waals surface area contributed by atoms with Crippen molar-refractivity contribution in [1.29, 1.82) is 0 Å². The van der Waals surface area contributed by atoms with Crippen LogP contribution < -0.4 is 0 Å². The number of piperidine rings is 1. The second-order valence-electron chi connectivity index (χ2n) is 8.14. The van der Waals surface area contributed by atoms with Crippen molar-refractivity contribution in [3.63, 3.8) is 0 Å². The predicted octanol–water partition coefficient (Wildman–Crippen LogP) is 5.07. The van der Waals surface area contributed by atoms with Gasteiger partial charge in [-0.3, -0.25) is 4.79 Å². The van der Waals surface area contributed by atoms with Crippen molar-refractivity contribution in [1.82, 2.24) is 14.9 Å². The van der Waals surface area contributed by atoms with Crippen LogP contribution in [0.15, 0.2) is 65.2 Å². The number of amides is 1. The second-order valence-corrected chi connectivity index (χ2v) is 8.14. The number of hydrogen-bond donors (Lipinski definition) is 1. The van der Waals surface area contributed by atoms with Crippen LogP contribution in [0.25, 0.3) is 10.9 Å². The average Bonchev–Trinajstić information content (AvgIpc) is 3.42. The number of rotatable bonds is 4. The van der Waals surface area contributed by atoms with Crippen molar-refractivity contribution in [3.8, 4) is 0 Å². The number of likely N-dealkylation sites (tertiary alicyclic amines) is 1. The molecule has 0 unspecified atom stereocenters. The van der Waals surface area contributed by atoms with E-state index in [-0.39, 0.29) is 11.8 Å².